The maximum atomic E-state index is 12.8. The van der Waals surface area contributed by atoms with Crippen LogP contribution in [0.15, 0.2) is 84.0 Å². The zero-order chi connectivity index (χ0) is 23.9. The second-order valence-corrected chi connectivity index (χ2v) is 9.10. The lowest BCUT2D eigenvalue weighted by molar-refractivity contribution is -0.115. The van der Waals surface area contributed by atoms with Gasteiger partial charge in [0, 0.05) is 11.4 Å². The monoisotopic (exact) mass is 493 g/mol. The molecule has 7 nitrogen and oxygen atoms in total. The van der Waals surface area contributed by atoms with E-state index in [9.17, 15) is 4.79 Å². The minimum absolute atomic E-state index is 0.115. The number of amides is 1. The first-order chi connectivity index (χ1) is 16.5. The number of carbonyl (C=O) groups is 1. The summed E-state index contributed by atoms with van der Waals surface area (Å²) in [7, 11) is 1.63. The number of nitrogens with zero attached hydrogens (tertiary/aromatic N) is 3. The van der Waals surface area contributed by atoms with Crippen LogP contribution in [0.4, 0.5) is 11.4 Å². The SMILES string of the molecule is COc1ccc(-n2c(CNc3ccccc3Cl)nnc2SC(C)C(=O)Nc2ccccc2)cc1. The highest BCUT2D eigenvalue weighted by Gasteiger charge is 2.21. The average molecular weight is 494 g/mol. The summed E-state index contributed by atoms with van der Waals surface area (Å²) in [5.41, 5.74) is 2.42. The zero-order valence-electron chi connectivity index (χ0n) is 18.7. The van der Waals surface area contributed by atoms with Crippen LogP contribution in [0.5, 0.6) is 5.75 Å². The first kappa shape index (κ1) is 23.7. The van der Waals surface area contributed by atoms with Gasteiger partial charge in [0.15, 0.2) is 11.0 Å². The molecule has 2 N–H and O–H groups in total. The highest BCUT2D eigenvalue weighted by molar-refractivity contribution is 8.00. The fraction of sp³-hybridized carbons (Fsp3) is 0.160. The lowest BCUT2D eigenvalue weighted by Gasteiger charge is -2.15. The molecular formula is C25H24ClN5O2S. The van der Waals surface area contributed by atoms with Crippen molar-refractivity contribution in [3.05, 3.63) is 89.7 Å². The van der Waals surface area contributed by atoms with Crippen LogP contribution in [0.3, 0.4) is 0 Å². The second kappa shape index (κ2) is 11.1. The van der Waals surface area contributed by atoms with Crippen LogP contribution >= 0.6 is 23.4 Å². The van der Waals surface area contributed by atoms with Crippen LogP contribution < -0.4 is 15.4 Å². The van der Waals surface area contributed by atoms with Crippen molar-refractivity contribution in [3.63, 3.8) is 0 Å². The van der Waals surface area contributed by atoms with Crippen molar-refractivity contribution in [1.29, 1.82) is 0 Å². The average Bonchev–Trinajstić information content (AvgIpc) is 3.26. The summed E-state index contributed by atoms with van der Waals surface area (Å²) in [6.45, 7) is 2.24. The zero-order valence-corrected chi connectivity index (χ0v) is 20.3. The molecule has 4 rings (SSSR count). The van der Waals surface area contributed by atoms with Crippen LogP contribution in [0.1, 0.15) is 12.7 Å². The number of rotatable bonds is 9. The molecule has 0 saturated carbocycles. The molecule has 9 heteroatoms. The van der Waals surface area contributed by atoms with E-state index in [1.165, 1.54) is 11.8 Å². The molecular weight excluding hydrogens is 470 g/mol. The number of thioether (sulfide) groups is 1. The van der Waals surface area contributed by atoms with Gasteiger partial charge in [0.1, 0.15) is 5.75 Å². The van der Waals surface area contributed by atoms with Gasteiger partial charge in [-0.25, -0.2) is 0 Å². The molecule has 1 unspecified atom stereocenters. The number of halogens is 1. The Bertz CT molecular complexity index is 1250. The van der Waals surface area contributed by atoms with Gasteiger partial charge in [0.25, 0.3) is 0 Å². The third-order valence-electron chi connectivity index (χ3n) is 5.03. The molecule has 3 aromatic carbocycles. The van der Waals surface area contributed by atoms with Gasteiger partial charge in [-0.05, 0) is 55.5 Å². The fourth-order valence-corrected chi connectivity index (χ4v) is 4.33. The summed E-state index contributed by atoms with van der Waals surface area (Å²) in [6, 6.07) is 24.5. The summed E-state index contributed by atoms with van der Waals surface area (Å²) in [5.74, 6) is 1.32. The number of hydrogen-bond donors (Lipinski definition) is 2. The summed E-state index contributed by atoms with van der Waals surface area (Å²) < 4.78 is 7.22. The van der Waals surface area contributed by atoms with Crippen LogP contribution in [0.25, 0.3) is 5.69 Å². The van der Waals surface area contributed by atoms with E-state index in [1.807, 2.05) is 90.4 Å². The highest BCUT2D eigenvalue weighted by Crippen LogP contribution is 2.28. The number of nitrogens with one attached hydrogen (secondary N) is 2. The maximum Gasteiger partial charge on any atom is 0.237 e. The fourth-order valence-electron chi connectivity index (χ4n) is 3.24. The first-order valence-corrected chi connectivity index (χ1v) is 11.9. The Hall–Kier alpha value is -3.49. The number of anilines is 2. The predicted octanol–water partition coefficient (Wildman–Crippen LogP) is 5.66. The number of carbonyl (C=O) groups excluding carboxylic acids is 1. The van der Waals surface area contributed by atoms with Crippen molar-refractivity contribution in [2.24, 2.45) is 0 Å². The first-order valence-electron chi connectivity index (χ1n) is 10.6. The summed E-state index contributed by atoms with van der Waals surface area (Å²) >= 11 is 7.63. The lowest BCUT2D eigenvalue weighted by Crippen LogP contribution is -2.23. The molecule has 0 aliphatic carbocycles. The molecule has 174 valence electrons. The Labute approximate surface area is 207 Å². The Morgan fingerprint density at radius 2 is 1.74 bits per heavy atom. The molecule has 0 aliphatic rings. The molecule has 0 saturated heterocycles. The number of methoxy groups -OCH3 is 1. The van der Waals surface area contributed by atoms with Crippen molar-refractivity contribution < 1.29 is 9.53 Å². The second-order valence-electron chi connectivity index (χ2n) is 7.38. The molecule has 0 aliphatic heterocycles. The predicted molar refractivity (Wildman–Crippen MR) is 137 cm³/mol. The standard InChI is InChI=1S/C25H24ClN5O2S/c1-17(24(32)28-18-8-4-3-5-9-18)34-25-30-29-23(16-27-22-11-7-6-10-21(22)26)31(25)19-12-14-20(33-2)15-13-19/h3-15,17,27H,16H2,1-2H3,(H,28,32). The van der Waals surface area contributed by atoms with Gasteiger partial charge in [-0.2, -0.15) is 0 Å². The topological polar surface area (TPSA) is 81.1 Å². The van der Waals surface area contributed by atoms with Crippen molar-refractivity contribution in [1.82, 2.24) is 14.8 Å². The molecule has 0 bridgehead atoms. The minimum atomic E-state index is -0.397. The summed E-state index contributed by atoms with van der Waals surface area (Å²) in [6.07, 6.45) is 0. The maximum absolute atomic E-state index is 12.8. The molecule has 4 aromatic rings. The van der Waals surface area contributed by atoms with E-state index in [0.717, 1.165) is 22.8 Å². The number of ether oxygens (including phenoxy) is 1. The Morgan fingerprint density at radius 1 is 1.03 bits per heavy atom. The van der Waals surface area contributed by atoms with E-state index >= 15 is 0 Å². The number of aromatic nitrogens is 3. The van der Waals surface area contributed by atoms with Gasteiger partial charge in [-0.1, -0.05) is 53.7 Å². The van der Waals surface area contributed by atoms with Gasteiger partial charge < -0.3 is 15.4 Å². The molecule has 1 atom stereocenters. The molecule has 0 radical (unpaired) electrons. The smallest absolute Gasteiger partial charge is 0.237 e. The van der Waals surface area contributed by atoms with Crippen molar-refractivity contribution in [3.8, 4) is 11.4 Å². The molecule has 34 heavy (non-hydrogen) atoms. The number of hydrogen-bond acceptors (Lipinski definition) is 6. The molecule has 0 spiro atoms. The normalized spacial score (nSPS) is 11.6. The lowest BCUT2D eigenvalue weighted by atomic mass is 10.3. The molecule has 1 amide bonds. The van der Waals surface area contributed by atoms with E-state index in [0.29, 0.717) is 22.5 Å². The molecule has 0 fully saturated rings. The van der Waals surface area contributed by atoms with Crippen LogP contribution in [0.2, 0.25) is 5.02 Å². The van der Waals surface area contributed by atoms with E-state index in [-0.39, 0.29) is 5.91 Å². The van der Waals surface area contributed by atoms with E-state index in [2.05, 4.69) is 20.8 Å². The highest BCUT2D eigenvalue weighted by atomic mass is 35.5. The van der Waals surface area contributed by atoms with Gasteiger partial charge in [0.05, 0.1) is 29.6 Å². The molecule has 1 heterocycles. The van der Waals surface area contributed by atoms with Crippen molar-refractivity contribution in [2.75, 3.05) is 17.7 Å². The Balaban J connectivity index is 1.58. The van der Waals surface area contributed by atoms with Crippen molar-refractivity contribution in [2.45, 2.75) is 23.9 Å². The van der Waals surface area contributed by atoms with Gasteiger partial charge in [-0.15, -0.1) is 10.2 Å². The van der Waals surface area contributed by atoms with Crippen LogP contribution in [-0.2, 0) is 11.3 Å². The summed E-state index contributed by atoms with van der Waals surface area (Å²) in [5, 5.41) is 15.9. The Kier molecular flexibility index (Phi) is 7.72. The van der Waals surface area contributed by atoms with Gasteiger partial charge in [-0.3, -0.25) is 9.36 Å². The molecule has 1 aromatic heterocycles. The number of benzene rings is 3. The van der Waals surface area contributed by atoms with E-state index < -0.39 is 5.25 Å². The van der Waals surface area contributed by atoms with Crippen molar-refractivity contribution >= 4 is 40.6 Å². The third kappa shape index (κ3) is 5.70. The largest absolute Gasteiger partial charge is 0.497 e. The van der Waals surface area contributed by atoms with Crippen LogP contribution in [0, 0.1) is 0 Å². The van der Waals surface area contributed by atoms with Gasteiger partial charge >= 0.3 is 0 Å². The van der Waals surface area contributed by atoms with E-state index in [1.54, 1.807) is 7.11 Å². The summed E-state index contributed by atoms with van der Waals surface area (Å²) in [4.78, 5) is 12.8. The van der Waals surface area contributed by atoms with Crippen LogP contribution in [-0.4, -0.2) is 33.0 Å². The quantitative estimate of drug-likeness (QED) is 0.293. The minimum Gasteiger partial charge on any atom is -0.497 e. The van der Waals surface area contributed by atoms with E-state index in [4.69, 9.17) is 16.3 Å². The van der Waals surface area contributed by atoms with Gasteiger partial charge in [0.2, 0.25) is 5.91 Å². The third-order valence-corrected chi connectivity index (χ3v) is 6.41. The Morgan fingerprint density at radius 3 is 2.44 bits per heavy atom. The number of para-hydroxylation sites is 2.